The molecule has 7 N–H and O–H groups in total. The predicted octanol–water partition coefficient (Wildman–Crippen LogP) is 3.81. The molecule has 1 aliphatic carbocycles. The third-order valence-electron chi connectivity index (χ3n) is 11.1. The van der Waals surface area contributed by atoms with E-state index in [9.17, 15) is 28.8 Å². The molecule has 2 aromatic carbocycles. The highest BCUT2D eigenvalue weighted by atomic mass is 32.2. The van der Waals surface area contributed by atoms with Crippen molar-refractivity contribution in [3.8, 4) is 11.1 Å². The molecule has 57 heavy (non-hydrogen) atoms. The standard InChI is InChI=1S/C42H50N8O6S/c1-49-21-32(30-19-34(39(53)45-16-14-43)47-37(30)42(49)56)29-17-26(23-57-2)28(18-33(29)46-20-24-10-11-24)38(52)44-15-5-3-4-7-25-8-6-9-27-31(25)22-50(41(27)55)35-12-13-36(51)48-40(35)54/h6,8-9,17-19,21,24,35,46-47H,3-5,7,10-16,20,22-23,43H2,1-2H3,(H,44,52)(H,45,53)(H,48,51,54). The van der Waals surface area contributed by atoms with E-state index in [4.69, 9.17) is 5.73 Å². The summed E-state index contributed by atoms with van der Waals surface area (Å²) < 4.78 is 1.51. The molecule has 2 fully saturated rings. The van der Waals surface area contributed by atoms with Crippen LogP contribution in [0.25, 0.3) is 22.0 Å². The minimum atomic E-state index is -0.643. The zero-order chi connectivity index (χ0) is 40.2. The molecule has 4 aromatic rings. The van der Waals surface area contributed by atoms with Gasteiger partial charge in [-0.1, -0.05) is 18.6 Å². The molecule has 1 saturated carbocycles. The van der Waals surface area contributed by atoms with Gasteiger partial charge in [0.25, 0.3) is 23.3 Å². The Bertz CT molecular complexity index is 2300. The summed E-state index contributed by atoms with van der Waals surface area (Å²) in [5.74, 6) is -0.232. The summed E-state index contributed by atoms with van der Waals surface area (Å²) in [4.78, 5) is 82.0. The Labute approximate surface area is 335 Å². The molecule has 1 atom stereocenters. The van der Waals surface area contributed by atoms with Gasteiger partial charge < -0.3 is 36.1 Å². The van der Waals surface area contributed by atoms with Crippen molar-refractivity contribution >= 4 is 57.9 Å². The maximum Gasteiger partial charge on any atom is 0.274 e. The number of benzene rings is 2. The maximum absolute atomic E-state index is 13.8. The van der Waals surface area contributed by atoms with Crippen LogP contribution in [-0.2, 0) is 35.4 Å². The number of unbranched alkanes of at least 4 members (excludes halogenated alkanes) is 2. The Kier molecular flexibility index (Phi) is 12.1. The number of nitrogens with zero attached hydrogens (tertiary/aromatic N) is 2. The number of H-pyrrole nitrogens is 1. The summed E-state index contributed by atoms with van der Waals surface area (Å²) in [6, 6.07) is 10.7. The van der Waals surface area contributed by atoms with Crippen molar-refractivity contribution in [2.24, 2.45) is 18.7 Å². The van der Waals surface area contributed by atoms with Gasteiger partial charge in [-0.05, 0) is 91.7 Å². The van der Waals surface area contributed by atoms with Crippen LogP contribution < -0.4 is 32.6 Å². The first-order chi connectivity index (χ1) is 27.6. The van der Waals surface area contributed by atoms with Crippen molar-refractivity contribution in [1.82, 2.24) is 30.4 Å². The number of pyridine rings is 1. The maximum atomic E-state index is 13.8. The fraction of sp³-hybridized carbons (Fsp3) is 0.429. The number of hydrogen-bond donors (Lipinski definition) is 6. The molecule has 2 aromatic heterocycles. The van der Waals surface area contributed by atoms with Gasteiger partial charge in [-0.3, -0.25) is 34.1 Å². The number of anilines is 1. The fourth-order valence-corrected chi connectivity index (χ4v) is 8.38. The van der Waals surface area contributed by atoms with Gasteiger partial charge in [-0.25, -0.2) is 0 Å². The van der Waals surface area contributed by atoms with Crippen LogP contribution in [0.2, 0.25) is 0 Å². The number of aromatic amines is 1. The van der Waals surface area contributed by atoms with Gasteiger partial charge in [-0.15, -0.1) is 0 Å². The average molecular weight is 795 g/mol. The molecular formula is C42H50N8O6S. The average Bonchev–Trinajstić information content (AvgIpc) is 3.82. The van der Waals surface area contributed by atoms with E-state index >= 15 is 0 Å². The lowest BCUT2D eigenvalue weighted by Crippen LogP contribution is -2.52. The number of aryl methyl sites for hydroxylation is 2. The molecule has 0 bridgehead atoms. The van der Waals surface area contributed by atoms with Gasteiger partial charge in [0.2, 0.25) is 11.8 Å². The minimum Gasteiger partial charge on any atom is -0.384 e. The number of nitrogens with two attached hydrogens (primary N) is 1. The number of hydrogen-bond acceptors (Lipinski definition) is 9. The van der Waals surface area contributed by atoms with Crippen LogP contribution in [0.3, 0.4) is 0 Å². The number of piperidine rings is 1. The van der Waals surface area contributed by atoms with Crippen molar-refractivity contribution in [1.29, 1.82) is 0 Å². The Hall–Kier alpha value is -5.41. The lowest BCUT2D eigenvalue weighted by molar-refractivity contribution is -0.136. The predicted molar refractivity (Wildman–Crippen MR) is 221 cm³/mol. The molecule has 0 spiro atoms. The van der Waals surface area contributed by atoms with E-state index < -0.39 is 11.9 Å². The SMILES string of the molecule is CSCc1cc(-c2cn(C)c(=O)c3[nH]c(C(=O)NCCN)cc23)c(NCC2CC2)cc1C(=O)NCCCCCc1cccc2c1CN(C1CCC(=O)NC1=O)C2=O. The molecule has 4 heterocycles. The number of amides is 5. The van der Waals surface area contributed by atoms with Gasteiger partial charge in [0, 0.05) is 91.5 Å². The smallest absolute Gasteiger partial charge is 0.274 e. The number of fused-ring (bicyclic) bond motifs is 2. The highest BCUT2D eigenvalue weighted by molar-refractivity contribution is 7.97. The van der Waals surface area contributed by atoms with E-state index in [-0.39, 0.29) is 41.3 Å². The van der Waals surface area contributed by atoms with Crippen LogP contribution in [0.1, 0.15) is 92.8 Å². The molecule has 1 saturated heterocycles. The topological polar surface area (TPSA) is 201 Å². The number of imide groups is 1. The van der Waals surface area contributed by atoms with Crippen LogP contribution in [-0.4, -0.2) is 82.5 Å². The summed E-state index contributed by atoms with van der Waals surface area (Å²) >= 11 is 1.62. The summed E-state index contributed by atoms with van der Waals surface area (Å²) in [6.07, 6.45) is 9.90. The number of nitrogens with one attached hydrogen (secondary N) is 5. The molecule has 5 amide bonds. The molecule has 3 aliphatic rings. The second-order valence-electron chi connectivity index (χ2n) is 15.2. The largest absolute Gasteiger partial charge is 0.384 e. The lowest BCUT2D eigenvalue weighted by Gasteiger charge is -2.29. The zero-order valence-corrected chi connectivity index (χ0v) is 33.2. The third kappa shape index (κ3) is 8.64. The number of carbonyl (C=O) groups excluding carboxylic acids is 5. The molecule has 2 aliphatic heterocycles. The number of carbonyl (C=O) groups is 5. The molecule has 7 rings (SSSR count). The van der Waals surface area contributed by atoms with E-state index in [1.54, 1.807) is 42.0 Å². The Morgan fingerprint density at radius 3 is 2.49 bits per heavy atom. The van der Waals surface area contributed by atoms with Crippen LogP contribution in [0.4, 0.5) is 5.69 Å². The first kappa shape index (κ1) is 39.8. The Morgan fingerprint density at radius 1 is 0.930 bits per heavy atom. The van der Waals surface area contributed by atoms with Crippen molar-refractivity contribution < 1.29 is 24.0 Å². The van der Waals surface area contributed by atoms with Gasteiger partial charge in [0.1, 0.15) is 17.3 Å². The van der Waals surface area contributed by atoms with E-state index in [2.05, 4.69) is 26.3 Å². The van der Waals surface area contributed by atoms with E-state index in [0.29, 0.717) is 66.3 Å². The number of thioether (sulfide) groups is 1. The number of aromatic nitrogens is 2. The summed E-state index contributed by atoms with van der Waals surface area (Å²) in [5, 5.41) is 12.5. The highest BCUT2D eigenvalue weighted by Gasteiger charge is 2.39. The third-order valence-corrected chi connectivity index (χ3v) is 11.7. The normalized spacial score (nSPS) is 16.5. The second kappa shape index (κ2) is 17.4. The van der Waals surface area contributed by atoms with Gasteiger partial charge in [0.15, 0.2) is 0 Å². The molecule has 1 unspecified atom stereocenters. The molecule has 15 heteroatoms. The van der Waals surface area contributed by atoms with Crippen molar-refractivity contribution in [3.63, 3.8) is 0 Å². The van der Waals surface area contributed by atoms with Crippen LogP contribution in [0.15, 0.2) is 47.4 Å². The quantitative estimate of drug-likeness (QED) is 0.0680. The van der Waals surface area contributed by atoms with Crippen LogP contribution in [0, 0.1) is 5.92 Å². The lowest BCUT2D eigenvalue weighted by atomic mass is 9.95. The van der Waals surface area contributed by atoms with Gasteiger partial charge in [-0.2, -0.15) is 11.8 Å². The summed E-state index contributed by atoms with van der Waals surface area (Å²) in [7, 11) is 1.69. The van der Waals surface area contributed by atoms with Gasteiger partial charge >= 0.3 is 0 Å². The first-order valence-electron chi connectivity index (χ1n) is 19.7. The van der Waals surface area contributed by atoms with E-state index in [0.717, 1.165) is 78.6 Å². The highest BCUT2D eigenvalue weighted by Crippen LogP contribution is 2.38. The Morgan fingerprint density at radius 2 is 1.74 bits per heavy atom. The van der Waals surface area contributed by atoms with Crippen molar-refractivity contribution in [2.75, 3.05) is 37.8 Å². The zero-order valence-electron chi connectivity index (χ0n) is 32.4. The molecule has 14 nitrogen and oxygen atoms in total. The second-order valence-corrected chi connectivity index (χ2v) is 16.1. The van der Waals surface area contributed by atoms with Crippen molar-refractivity contribution in [2.45, 2.75) is 69.7 Å². The van der Waals surface area contributed by atoms with Crippen LogP contribution >= 0.6 is 11.8 Å². The van der Waals surface area contributed by atoms with Crippen molar-refractivity contribution in [3.05, 3.63) is 86.5 Å². The minimum absolute atomic E-state index is 0.154. The summed E-state index contributed by atoms with van der Waals surface area (Å²) in [5.41, 5.74) is 12.4. The van der Waals surface area contributed by atoms with E-state index in [1.807, 2.05) is 30.5 Å². The first-order valence-corrected chi connectivity index (χ1v) is 21.1. The molecular weight excluding hydrogens is 745 g/mol. The Balaban J connectivity index is 1.04. The molecule has 300 valence electrons. The fourth-order valence-electron chi connectivity index (χ4n) is 7.83. The van der Waals surface area contributed by atoms with Gasteiger partial charge in [0.05, 0.1) is 0 Å². The van der Waals surface area contributed by atoms with Crippen LogP contribution in [0.5, 0.6) is 0 Å². The monoisotopic (exact) mass is 794 g/mol. The number of rotatable bonds is 17. The summed E-state index contributed by atoms with van der Waals surface area (Å²) in [6.45, 7) is 2.22. The van der Waals surface area contributed by atoms with E-state index in [1.165, 1.54) is 4.57 Å². The molecule has 0 radical (unpaired) electrons.